The summed E-state index contributed by atoms with van der Waals surface area (Å²) in [6, 6.07) is 10.7. The van der Waals surface area contributed by atoms with E-state index in [1.165, 1.54) is 42.2 Å². The van der Waals surface area contributed by atoms with Crippen LogP contribution in [0, 0.1) is 0 Å². The summed E-state index contributed by atoms with van der Waals surface area (Å²) in [6.07, 6.45) is 2.62. The van der Waals surface area contributed by atoms with Crippen LogP contribution in [-0.2, 0) is 6.54 Å². The normalized spacial score (nSPS) is 14.9. The van der Waals surface area contributed by atoms with Gasteiger partial charge in [0.25, 0.3) is 0 Å². The molecule has 0 spiro atoms. The Labute approximate surface area is 123 Å². The van der Waals surface area contributed by atoms with Gasteiger partial charge < -0.3 is 10.2 Å². The van der Waals surface area contributed by atoms with E-state index in [1.54, 1.807) is 11.3 Å². The van der Waals surface area contributed by atoms with Gasteiger partial charge in [-0.1, -0.05) is 17.7 Å². The fraction of sp³-hybridized carbons (Fsp3) is 0.333. The number of nitrogens with one attached hydrogen (secondary N) is 1. The van der Waals surface area contributed by atoms with Crippen molar-refractivity contribution in [2.24, 2.45) is 0 Å². The predicted molar refractivity (Wildman–Crippen MR) is 84.5 cm³/mol. The molecule has 1 aromatic heterocycles. The Balaban J connectivity index is 1.65. The number of benzene rings is 1. The van der Waals surface area contributed by atoms with Crippen LogP contribution >= 0.6 is 22.9 Å². The second-order valence-electron chi connectivity index (χ2n) is 4.83. The molecule has 0 atom stereocenters. The Kier molecular flexibility index (Phi) is 3.95. The van der Waals surface area contributed by atoms with Gasteiger partial charge in [-0.25, -0.2) is 0 Å². The van der Waals surface area contributed by atoms with Gasteiger partial charge in [-0.3, -0.25) is 0 Å². The minimum atomic E-state index is 0.826. The fourth-order valence-corrected chi connectivity index (χ4v) is 3.44. The lowest BCUT2D eigenvalue weighted by Gasteiger charge is -2.18. The average Bonchev–Trinajstić information content (AvgIpc) is 3.08. The van der Waals surface area contributed by atoms with E-state index in [2.05, 4.69) is 34.5 Å². The Morgan fingerprint density at radius 3 is 2.79 bits per heavy atom. The van der Waals surface area contributed by atoms with Crippen molar-refractivity contribution in [1.82, 2.24) is 0 Å². The van der Waals surface area contributed by atoms with E-state index in [1.807, 2.05) is 11.4 Å². The maximum Gasteiger partial charge on any atom is 0.0516 e. The van der Waals surface area contributed by atoms with Gasteiger partial charge >= 0.3 is 0 Å². The first-order chi connectivity index (χ1) is 9.31. The molecule has 0 radical (unpaired) electrons. The van der Waals surface area contributed by atoms with Crippen molar-refractivity contribution in [2.75, 3.05) is 23.3 Å². The standard InChI is InChI=1S/C15H17ClN2S/c16-12-8-15(19-11-12)10-17-13-4-3-5-14(9-13)18-6-1-2-7-18/h3-5,8-9,11,17H,1-2,6-7,10H2. The molecule has 100 valence electrons. The molecular weight excluding hydrogens is 276 g/mol. The second kappa shape index (κ2) is 5.85. The quantitative estimate of drug-likeness (QED) is 0.885. The molecule has 1 N–H and O–H groups in total. The second-order valence-corrected chi connectivity index (χ2v) is 6.26. The predicted octanol–water partition coefficient (Wildman–Crippen LogP) is 4.61. The van der Waals surface area contributed by atoms with E-state index in [4.69, 9.17) is 11.6 Å². The molecule has 2 nitrogen and oxygen atoms in total. The van der Waals surface area contributed by atoms with E-state index in [-0.39, 0.29) is 0 Å². The highest BCUT2D eigenvalue weighted by Gasteiger charge is 2.12. The van der Waals surface area contributed by atoms with Gasteiger partial charge in [0.2, 0.25) is 0 Å². The molecule has 1 saturated heterocycles. The minimum Gasteiger partial charge on any atom is -0.380 e. The molecule has 0 saturated carbocycles. The zero-order chi connectivity index (χ0) is 13.1. The van der Waals surface area contributed by atoms with E-state index < -0.39 is 0 Å². The van der Waals surface area contributed by atoms with Crippen LogP contribution in [0.15, 0.2) is 35.7 Å². The van der Waals surface area contributed by atoms with Gasteiger partial charge in [0.15, 0.2) is 0 Å². The first kappa shape index (κ1) is 12.8. The third-order valence-electron chi connectivity index (χ3n) is 3.41. The number of anilines is 2. The highest BCUT2D eigenvalue weighted by Crippen LogP contribution is 2.24. The lowest BCUT2D eigenvalue weighted by molar-refractivity contribution is 0.949. The highest BCUT2D eigenvalue weighted by atomic mass is 35.5. The van der Waals surface area contributed by atoms with Gasteiger partial charge in [0.1, 0.15) is 0 Å². The van der Waals surface area contributed by atoms with Crippen LogP contribution in [0.3, 0.4) is 0 Å². The van der Waals surface area contributed by atoms with Crippen LogP contribution in [0.25, 0.3) is 0 Å². The zero-order valence-corrected chi connectivity index (χ0v) is 12.3. The van der Waals surface area contributed by atoms with E-state index in [9.17, 15) is 0 Å². The van der Waals surface area contributed by atoms with Crippen LogP contribution in [0.1, 0.15) is 17.7 Å². The largest absolute Gasteiger partial charge is 0.380 e. The van der Waals surface area contributed by atoms with Gasteiger partial charge in [-0.05, 0) is 37.1 Å². The molecule has 2 aromatic rings. The van der Waals surface area contributed by atoms with Crippen LogP contribution < -0.4 is 10.2 Å². The van der Waals surface area contributed by atoms with E-state index in [0.29, 0.717) is 0 Å². The number of hydrogen-bond acceptors (Lipinski definition) is 3. The van der Waals surface area contributed by atoms with E-state index >= 15 is 0 Å². The van der Waals surface area contributed by atoms with Crippen LogP contribution in [0.2, 0.25) is 5.02 Å². The molecule has 1 aromatic carbocycles. The fourth-order valence-electron chi connectivity index (χ4n) is 2.42. The molecule has 0 aliphatic carbocycles. The summed E-state index contributed by atoms with van der Waals surface area (Å²) in [7, 11) is 0. The summed E-state index contributed by atoms with van der Waals surface area (Å²) in [4.78, 5) is 3.71. The van der Waals surface area contributed by atoms with Crippen molar-refractivity contribution in [2.45, 2.75) is 19.4 Å². The van der Waals surface area contributed by atoms with Crippen LogP contribution in [0.4, 0.5) is 11.4 Å². The summed E-state index contributed by atoms with van der Waals surface area (Å²) in [5.74, 6) is 0. The molecule has 1 aliphatic rings. The first-order valence-corrected chi connectivity index (χ1v) is 7.89. The molecule has 0 unspecified atom stereocenters. The average molecular weight is 293 g/mol. The van der Waals surface area contributed by atoms with E-state index in [0.717, 1.165) is 11.6 Å². The number of hydrogen-bond donors (Lipinski definition) is 1. The monoisotopic (exact) mass is 292 g/mol. The van der Waals surface area contributed by atoms with Gasteiger partial charge in [0, 0.05) is 41.3 Å². The van der Waals surface area contributed by atoms with Crippen molar-refractivity contribution < 1.29 is 0 Å². The van der Waals surface area contributed by atoms with Crippen molar-refractivity contribution in [1.29, 1.82) is 0 Å². The summed E-state index contributed by atoms with van der Waals surface area (Å²) in [5.41, 5.74) is 2.50. The van der Waals surface area contributed by atoms with Crippen molar-refractivity contribution in [3.05, 3.63) is 45.6 Å². The Morgan fingerprint density at radius 2 is 2.05 bits per heavy atom. The molecule has 4 heteroatoms. The van der Waals surface area contributed by atoms with Crippen LogP contribution in [0.5, 0.6) is 0 Å². The smallest absolute Gasteiger partial charge is 0.0516 e. The van der Waals surface area contributed by atoms with Crippen LogP contribution in [-0.4, -0.2) is 13.1 Å². The summed E-state index contributed by atoms with van der Waals surface area (Å²) in [5, 5.41) is 6.26. The Morgan fingerprint density at radius 1 is 1.21 bits per heavy atom. The number of rotatable bonds is 4. The SMILES string of the molecule is Clc1csc(CNc2cccc(N3CCCC3)c2)c1. The maximum absolute atomic E-state index is 5.93. The topological polar surface area (TPSA) is 15.3 Å². The zero-order valence-electron chi connectivity index (χ0n) is 10.7. The van der Waals surface area contributed by atoms with Gasteiger partial charge in [-0.2, -0.15) is 0 Å². The molecule has 19 heavy (non-hydrogen) atoms. The minimum absolute atomic E-state index is 0.826. The Hall–Kier alpha value is -1.19. The van der Waals surface area contributed by atoms with Gasteiger partial charge in [0.05, 0.1) is 5.02 Å². The lowest BCUT2D eigenvalue weighted by Crippen LogP contribution is -2.17. The molecule has 0 amide bonds. The van der Waals surface area contributed by atoms with Crippen molar-refractivity contribution in [3.63, 3.8) is 0 Å². The summed E-state index contributed by atoms with van der Waals surface area (Å²) >= 11 is 7.62. The molecule has 2 heterocycles. The molecule has 1 aliphatic heterocycles. The third-order valence-corrected chi connectivity index (χ3v) is 4.69. The number of nitrogens with zero attached hydrogens (tertiary/aromatic N) is 1. The first-order valence-electron chi connectivity index (χ1n) is 6.63. The third kappa shape index (κ3) is 3.23. The number of thiophene rings is 1. The summed E-state index contributed by atoms with van der Waals surface area (Å²) < 4.78 is 0. The lowest BCUT2D eigenvalue weighted by atomic mass is 10.2. The highest BCUT2D eigenvalue weighted by molar-refractivity contribution is 7.10. The van der Waals surface area contributed by atoms with Crippen molar-refractivity contribution in [3.8, 4) is 0 Å². The maximum atomic E-state index is 5.93. The van der Waals surface area contributed by atoms with Gasteiger partial charge in [-0.15, -0.1) is 11.3 Å². The molecule has 1 fully saturated rings. The Bertz CT molecular complexity index is 547. The molecular formula is C15H17ClN2S. The van der Waals surface area contributed by atoms with Crippen molar-refractivity contribution >= 4 is 34.3 Å². The molecule has 3 rings (SSSR count). The number of halogens is 1. The molecule has 0 bridgehead atoms. The summed E-state index contributed by atoms with van der Waals surface area (Å²) in [6.45, 7) is 3.20.